The number of nitriles is 1. The zero-order chi connectivity index (χ0) is 10.7. The average molecular weight is 222 g/mol. The van der Waals surface area contributed by atoms with Crippen molar-refractivity contribution in [2.45, 2.75) is 6.61 Å². The summed E-state index contributed by atoms with van der Waals surface area (Å²) in [6.45, 7) is -3.13. The number of hydrogen-bond donors (Lipinski definition) is 0. The Bertz CT molecular complexity index is 389. The number of ether oxygens (including phenoxy) is 1. The van der Waals surface area contributed by atoms with Crippen LogP contribution in [0.3, 0.4) is 0 Å². The highest BCUT2D eigenvalue weighted by Gasteiger charge is 2.15. The minimum Gasteiger partial charge on any atom is -0.432 e. The van der Waals surface area contributed by atoms with Gasteiger partial charge in [0.2, 0.25) is 0 Å². The van der Waals surface area contributed by atoms with Gasteiger partial charge < -0.3 is 4.74 Å². The molecule has 0 radical (unpaired) electrons. The third-order valence-electron chi connectivity index (χ3n) is 1.38. The largest absolute Gasteiger partial charge is 0.432 e. The Kier molecular flexibility index (Phi) is 3.20. The molecule has 0 saturated carbocycles. The van der Waals surface area contributed by atoms with E-state index in [1.54, 1.807) is 6.07 Å². The molecule has 0 aliphatic heterocycles. The van der Waals surface area contributed by atoms with Crippen molar-refractivity contribution in [3.63, 3.8) is 0 Å². The molecule has 0 spiro atoms. The predicted molar refractivity (Wildman–Crippen MR) is 42.8 cm³/mol. The van der Waals surface area contributed by atoms with Gasteiger partial charge in [0.1, 0.15) is 6.07 Å². The Balaban J connectivity index is 3.12. The molecule has 0 aliphatic carbocycles. The molecule has 2 nitrogen and oxygen atoms in total. The lowest BCUT2D eigenvalue weighted by Crippen LogP contribution is -2.04. The van der Waals surface area contributed by atoms with Crippen molar-refractivity contribution in [3.05, 3.63) is 28.5 Å². The Morgan fingerprint density at radius 2 is 2.07 bits per heavy atom. The molecule has 0 atom stereocenters. The van der Waals surface area contributed by atoms with Crippen molar-refractivity contribution in [1.29, 1.82) is 5.26 Å². The molecule has 0 heterocycles. The SMILES string of the molecule is N#Cc1ccc(OC(F)F)c(F)c1Cl. The van der Waals surface area contributed by atoms with Crippen LogP contribution in [0, 0.1) is 17.1 Å². The highest BCUT2D eigenvalue weighted by Crippen LogP contribution is 2.28. The number of benzene rings is 1. The van der Waals surface area contributed by atoms with E-state index < -0.39 is 23.2 Å². The highest BCUT2D eigenvalue weighted by molar-refractivity contribution is 6.32. The molecule has 1 aromatic carbocycles. The van der Waals surface area contributed by atoms with E-state index in [9.17, 15) is 13.2 Å². The first-order valence-corrected chi connectivity index (χ1v) is 3.77. The molecular formula is C8H3ClF3NO. The van der Waals surface area contributed by atoms with E-state index in [2.05, 4.69) is 4.74 Å². The monoisotopic (exact) mass is 221 g/mol. The molecule has 0 saturated heterocycles. The van der Waals surface area contributed by atoms with Gasteiger partial charge in [-0.1, -0.05) is 11.6 Å². The summed E-state index contributed by atoms with van der Waals surface area (Å²) in [6.07, 6.45) is 0. The summed E-state index contributed by atoms with van der Waals surface area (Å²) in [6, 6.07) is 3.62. The second-order valence-corrected chi connectivity index (χ2v) is 2.61. The quantitative estimate of drug-likeness (QED) is 0.769. The Labute approximate surface area is 82.5 Å². The molecule has 0 aliphatic rings. The summed E-state index contributed by atoms with van der Waals surface area (Å²) in [4.78, 5) is 0. The van der Waals surface area contributed by atoms with Gasteiger partial charge in [-0.15, -0.1) is 0 Å². The maximum atomic E-state index is 13.1. The lowest BCUT2D eigenvalue weighted by Gasteiger charge is -2.06. The molecule has 0 fully saturated rings. The van der Waals surface area contributed by atoms with Gasteiger partial charge in [-0.05, 0) is 12.1 Å². The molecule has 0 aromatic heterocycles. The van der Waals surface area contributed by atoms with Gasteiger partial charge in [0, 0.05) is 0 Å². The van der Waals surface area contributed by atoms with E-state index in [-0.39, 0.29) is 5.56 Å². The molecule has 0 unspecified atom stereocenters. The Morgan fingerprint density at radius 1 is 1.43 bits per heavy atom. The molecule has 0 bridgehead atoms. The minimum atomic E-state index is -3.13. The second kappa shape index (κ2) is 4.20. The van der Waals surface area contributed by atoms with Gasteiger partial charge in [-0.2, -0.15) is 14.0 Å². The van der Waals surface area contributed by atoms with Crippen LogP contribution < -0.4 is 4.74 Å². The van der Waals surface area contributed by atoms with E-state index in [4.69, 9.17) is 16.9 Å². The average Bonchev–Trinajstić information content (AvgIpc) is 2.13. The van der Waals surface area contributed by atoms with Gasteiger partial charge in [0.15, 0.2) is 11.6 Å². The first-order valence-electron chi connectivity index (χ1n) is 3.39. The number of halogens is 4. The predicted octanol–water partition coefficient (Wildman–Crippen LogP) is 2.95. The molecule has 14 heavy (non-hydrogen) atoms. The van der Waals surface area contributed by atoms with Crippen LogP contribution in [-0.4, -0.2) is 6.61 Å². The molecular weight excluding hydrogens is 219 g/mol. The summed E-state index contributed by atoms with van der Waals surface area (Å²) < 4.78 is 40.3. The van der Waals surface area contributed by atoms with Crippen molar-refractivity contribution in [1.82, 2.24) is 0 Å². The van der Waals surface area contributed by atoms with Crippen LogP contribution in [0.4, 0.5) is 13.2 Å². The van der Waals surface area contributed by atoms with Crippen LogP contribution >= 0.6 is 11.6 Å². The second-order valence-electron chi connectivity index (χ2n) is 2.23. The number of hydrogen-bond acceptors (Lipinski definition) is 2. The molecule has 74 valence electrons. The van der Waals surface area contributed by atoms with Crippen LogP contribution in [0.25, 0.3) is 0 Å². The summed E-state index contributed by atoms with van der Waals surface area (Å²) >= 11 is 5.36. The van der Waals surface area contributed by atoms with Crippen LogP contribution in [0.1, 0.15) is 5.56 Å². The maximum Gasteiger partial charge on any atom is 0.387 e. The summed E-state index contributed by atoms with van der Waals surface area (Å²) in [5.41, 5.74) is -0.134. The van der Waals surface area contributed by atoms with Gasteiger partial charge >= 0.3 is 6.61 Å². The number of rotatable bonds is 2. The third kappa shape index (κ3) is 2.09. The van der Waals surface area contributed by atoms with Gasteiger partial charge in [-0.25, -0.2) is 4.39 Å². The van der Waals surface area contributed by atoms with Crippen molar-refractivity contribution in [2.24, 2.45) is 0 Å². The number of nitrogens with zero attached hydrogens (tertiary/aromatic N) is 1. The Hall–Kier alpha value is -1.41. The third-order valence-corrected chi connectivity index (χ3v) is 1.75. The van der Waals surface area contributed by atoms with Crippen LogP contribution in [-0.2, 0) is 0 Å². The van der Waals surface area contributed by atoms with E-state index in [1.165, 1.54) is 0 Å². The van der Waals surface area contributed by atoms with Gasteiger partial charge in [-0.3, -0.25) is 0 Å². The molecule has 1 aromatic rings. The lowest BCUT2D eigenvalue weighted by molar-refractivity contribution is -0.0521. The summed E-state index contributed by atoms with van der Waals surface area (Å²) in [5, 5.41) is 7.90. The molecule has 0 amide bonds. The highest BCUT2D eigenvalue weighted by atomic mass is 35.5. The van der Waals surface area contributed by atoms with E-state index in [0.29, 0.717) is 0 Å². The van der Waals surface area contributed by atoms with Gasteiger partial charge in [0.05, 0.1) is 10.6 Å². The van der Waals surface area contributed by atoms with Crippen LogP contribution in [0.2, 0.25) is 5.02 Å². The van der Waals surface area contributed by atoms with Gasteiger partial charge in [0.25, 0.3) is 0 Å². The normalized spacial score (nSPS) is 10.0. The lowest BCUT2D eigenvalue weighted by atomic mass is 10.2. The maximum absolute atomic E-state index is 13.1. The van der Waals surface area contributed by atoms with Crippen molar-refractivity contribution >= 4 is 11.6 Å². The van der Waals surface area contributed by atoms with E-state index >= 15 is 0 Å². The Morgan fingerprint density at radius 3 is 2.57 bits per heavy atom. The van der Waals surface area contributed by atoms with Crippen molar-refractivity contribution in [3.8, 4) is 11.8 Å². The van der Waals surface area contributed by atoms with Crippen molar-refractivity contribution in [2.75, 3.05) is 0 Å². The fourth-order valence-corrected chi connectivity index (χ4v) is 1.00. The van der Waals surface area contributed by atoms with E-state index in [0.717, 1.165) is 12.1 Å². The summed E-state index contributed by atoms with van der Waals surface area (Å²) in [5.74, 6) is -1.84. The van der Waals surface area contributed by atoms with Crippen LogP contribution in [0.5, 0.6) is 5.75 Å². The van der Waals surface area contributed by atoms with E-state index in [1.807, 2.05) is 0 Å². The fraction of sp³-hybridized carbons (Fsp3) is 0.125. The fourth-order valence-electron chi connectivity index (χ4n) is 0.805. The molecule has 0 N–H and O–H groups in total. The zero-order valence-corrected chi connectivity index (χ0v) is 7.36. The van der Waals surface area contributed by atoms with Crippen molar-refractivity contribution < 1.29 is 17.9 Å². The first kappa shape index (κ1) is 10.7. The topological polar surface area (TPSA) is 33.0 Å². The summed E-state index contributed by atoms with van der Waals surface area (Å²) in [7, 11) is 0. The zero-order valence-electron chi connectivity index (χ0n) is 6.60. The molecule has 6 heteroatoms. The number of alkyl halides is 2. The minimum absolute atomic E-state index is 0.134. The smallest absolute Gasteiger partial charge is 0.387 e. The first-order chi connectivity index (χ1) is 6.56. The van der Waals surface area contributed by atoms with Crippen LogP contribution in [0.15, 0.2) is 12.1 Å². The molecule has 1 rings (SSSR count). The standard InChI is InChI=1S/C8H3ClF3NO/c9-6-4(3-13)1-2-5(7(6)10)14-8(11)12/h1-2,8H.